The zero-order chi connectivity index (χ0) is 12.4. The fourth-order valence-electron chi connectivity index (χ4n) is 2.60. The van der Waals surface area contributed by atoms with Crippen LogP contribution in [0.3, 0.4) is 0 Å². The monoisotopic (exact) mass is 237 g/mol. The molecule has 0 atom stereocenters. The zero-order valence-electron chi connectivity index (χ0n) is 10.4. The predicted octanol–water partition coefficient (Wildman–Crippen LogP) is 1.79. The van der Waals surface area contributed by atoms with E-state index in [2.05, 4.69) is 14.8 Å². The van der Waals surface area contributed by atoms with E-state index in [0.717, 1.165) is 43.9 Å². The SMILES string of the molecule is Cc1nnc(C)n1CC1CCC(C(=O)O)CC1. The number of rotatable bonds is 3. The molecule has 5 heteroatoms. The van der Waals surface area contributed by atoms with Gasteiger partial charge in [0.05, 0.1) is 5.92 Å². The highest BCUT2D eigenvalue weighted by Crippen LogP contribution is 2.30. The lowest BCUT2D eigenvalue weighted by Gasteiger charge is -2.26. The summed E-state index contributed by atoms with van der Waals surface area (Å²) in [6.45, 7) is 4.85. The average Bonchev–Trinajstić information content (AvgIpc) is 2.61. The Bertz CT molecular complexity index is 386. The number of nitrogens with zero attached hydrogens (tertiary/aromatic N) is 3. The van der Waals surface area contributed by atoms with Crippen LogP contribution < -0.4 is 0 Å². The number of hydrogen-bond acceptors (Lipinski definition) is 3. The van der Waals surface area contributed by atoms with Gasteiger partial charge in [-0.3, -0.25) is 4.79 Å². The standard InChI is InChI=1S/C12H19N3O2/c1-8-13-14-9(2)15(8)7-10-3-5-11(6-4-10)12(16)17/h10-11H,3-7H2,1-2H3,(H,16,17). The van der Waals surface area contributed by atoms with Crippen LogP contribution in [0.5, 0.6) is 0 Å². The molecule has 0 unspecified atom stereocenters. The number of aromatic nitrogens is 3. The lowest BCUT2D eigenvalue weighted by atomic mass is 9.82. The third-order valence-electron chi connectivity index (χ3n) is 3.76. The van der Waals surface area contributed by atoms with Crippen molar-refractivity contribution in [2.45, 2.75) is 46.1 Å². The quantitative estimate of drug-likeness (QED) is 0.870. The highest BCUT2D eigenvalue weighted by atomic mass is 16.4. The Labute approximate surface area is 101 Å². The van der Waals surface area contributed by atoms with Gasteiger partial charge in [-0.25, -0.2) is 0 Å². The molecule has 2 rings (SSSR count). The Morgan fingerprint density at radius 2 is 1.76 bits per heavy atom. The molecule has 5 nitrogen and oxygen atoms in total. The van der Waals surface area contributed by atoms with Crippen LogP contribution in [0, 0.1) is 25.7 Å². The molecule has 1 aliphatic carbocycles. The van der Waals surface area contributed by atoms with Crippen LogP contribution in [0.1, 0.15) is 37.3 Å². The minimum absolute atomic E-state index is 0.130. The summed E-state index contributed by atoms with van der Waals surface area (Å²) < 4.78 is 2.13. The van der Waals surface area contributed by atoms with E-state index in [1.807, 2.05) is 13.8 Å². The first kappa shape index (κ1) is 12.1. The van der Waals surface area contributed by atoms with Crippen molar-refractivity contribution in [2.24, 2.45) is 11.8 Å². The maximum Gasteiger partial charge on any atom is 0.306 e. The summed E-state index contributed by atoms with van der Waals surface area (Å²) in [6, 6.07) is 0. The third-order valence-corrected chi connectivity index (χ3v) is 3.76. The van der Waals surface area contributed by atoms with Crippen LogP contribution >= 0.6 is 0 Å². The normalized spacial score (nSPS) is 24.8. The molecule has 94 valence electrons. The molecule has 0 amide bonds. The second-order valence-electron chi connectivity index (χ2n) is 4.96. The summed E-state index contributed by atoms with van der Waals surface area (Å²) in [7, 11) is 0. The molecule has 1 aromatic rings. The van der Waals surface area contributed by atoms with Gasteiger partial charge in [0.1, 0.15) is 11.6 Å². The summed E-state index contributed by atoms with van der Waals surface area (Å²) >= 11 is 0. The van der Waals surface area contributed by atoms with Gasteiger partial charge in [0.25, 0.3) is 0 Å². The maximum atomic E-state index is 10.9. The highest BCUT2D eigenvalue weighted by Gasteiger charge is 2.26. The number of aryl methyl sites for hydroxylation is 2. The molecule has 0 aliphatic heterocycles. The second kappa shape index (κ2) is 4.85. The zero-order valence-corrected chi connectivity index (χ0v) is 10.4. The topological polar surface area (TPSA) is 68.0 Å². The van der Waals surface area contributed by atoms with Crippen LogP contribution in [0.4, 0.5) is 0 Å². The van der Waals surface area contributed by atoms with E-state index in [-0.39, 0.29) is 5.92 Å². The highest BCUT2D eigenvalue weighted by molar-refractivity contribution is 5.69. The Kier molecular flexibility index (Phi) is 3.45. The van der Waals surface area contributed by atoms with Crippen molar-refractivity contribution < 1.29 is 9.90 Å². The van der Waals surface area contributed by atoms with Crippen molar-refractivity contribution in [3.05, 3.63) is 11.6 Å². The Balaban J connectivity index is 1.92. The average molecular weight is 237 g/mol. The summed E-state index contributed by atoms with van der Waals surface area (Å²) in [6.07, 6.45) is 3.60. The van der Waals surface area contributed by atoms with E-state index >= 15 is 0 Å². The smallest absolute Gasteiger partial charge is 0.306 e. The van der Waals surface area contributed by atoms with Crippen LogP contribution in [-0.4, -0.2) is 25.8 Å². The lowest BCUT2D eigenvalue weighted by Crippen LogP contribution is -2.24. The van der Waals surface area contributed by atoms with E-state index in [1.165, 1.54) is 0 Å². The summed E-state index contributed by atoms with van der Waals surface area (Å²) in [5.41, 5.74) is 0. The van der Waals surface area contributed by atoms with Crippen molar-refractivity contribution >= 4 is 5.97 Å². The van der Waals surface area contributed by atoms with E-state index in [0.29, 0.717) is 5.92 Å². The molecular formula is C12H19N3O2. The molecular weight excluding hydrogens is 218 g/mol. The molecule has 1 aliphatic rings. The first-order valence-electron chi connectivity index (χ1n) is 6.17. The van der Waals surface area contributed by atoms with Crippen LogP contribution in [0.2, 0.25) is 0 Å². The summed E-state index contributed by atoms with van der Waals surface area (Å²) in [5, 5.41) is 17.0. The molecule has 1 fully saturated rings. The molecule has 1 heterocycles. The van der Waals surface area contributed by atoms with Crippen molar-refractivity contribution in [3.63, 3.8) is 0 Å². The number of carboxylic acids is 1. The molecule has 0 radical (unpaired) electrons. The molecule has 17 heavy (non-hydrogen) atoms. The largest absolute Gasteiger partial charge is 0.481 e. The van der Waals surface area contributed by atoms with Gasteiger partial charge in [-0.05, 0) is 45.4 Å². The van der Waals surface area contributed by atoms with Crippen molar-refractivity contribution in [1.82, 2.24) is 14.8 Å². The Morgan fingerprint density at radius 1 is 1.24 bits per heavy atom. The number of carboxylic acid groups (broad SMARTS) is 1. The van der Waals surface area contributed by atoms with Gasteiger partial charge in [0.2, 0.25) is 0 Å². The minimum Gasteiger partial charge on any atom is -0.481 e. The van der Waals surface area contributed by atoms with Crippen LogP contribution in [0.25, 0.3) is 0 Å². The number of aliphatic carboxylic acids is 1. The molecule has 0 aromatic carbocycles. The fourth-order valence-corrected chi connectivity index (χ4v) is 2.60. The van der Waals surface area contributed by atoms with Crippen molar-refractivity contribution in [2.75, 3.05) is 0 Å². The Morgan fingerprint density at radius 3 is 2.24 bits per heavy atom. The summed E-state index contributed by atoms with van der Waals surface area (Å²) in [5.74, 6) is 1.69. The van der Waals surface area contributed by atoms with Gasteiger partial charge < -0.3 is 9.67 Å². The molecule has 1 N–H and O–H groups in total. The number of carbonyl (C=O) groups is 1. The molecule has 1 saturated carbocycles. The molecule has 0 spiro atoms. The predicted molar refractivity (Wildman–Crippen MR) is 62.6 cm³/mol. The first-order valence-corrected chi connectivity index (χ1v) is 6.17. The van der Waals surface area contributed by atoms with E-state index in [9.17, 15) is 4.79 Å². The van der Waals surface area contributed by atoms with Gasteiger partial charge in [0, 0.05) is 6.54 Å². The maximum absolute atomic E-state index is 10.9. The van der Waals surface area contributed by atoms with Crippen LogP contribution in [0.15, 0.2) is 0 Å². The third kappa shape index (κ3) is 2.65. The second-order valence-corrected chi connectivity index (χ2v) is 4.96. The van der Waals surface area contributed by atoms with E-state index in [4.69, 9.17) is 5.11 Å². The van der Waals surface area contributed by atoms with Crippen molar-refractivity contribution in [1.29, 1.82) is 0 Å². The van der Waals surface area contributed by atoms with Gasteiger partial charge in [-0.15, -0.1) is 10.2 Å². The van der Waals surface area contributed by atoms with Gasteiger partial charge in [-0.2, -0.15) is 0 Å². The van der Waals surface area contributed by atoms with Crippen molar-refractivity contribution in [3.8, 4) is 0 Å². The molecule has 0 saturated heterocycles. The summed E-state index contributed by atoms with van der Waals surface area (Å²) in [4.78, 5) is 10.9. The minimum atomic E-state index is -0.639. The first-order chi connectivity index (χ1) is 8.08. The Hall–Kier alpha value is -1.39. The fraction of sp³-hybridized carbons (Fsp3) is 0.750. The van der Waals surface area contributed by atoms with Crippen LogP contribution in [-0.2, 0) is 11.3 Å². The van der Waals surface area contributed by atoms with Gasteiger partial charge >= 0.3 is 5.97 Å². The van der Waals surface area contributed by atoms with E-state index < -0.39 is 5.97 Å². The van der Waals surface area contributed by atoms with E-state index in [1.54, 1.807) is 0 Å². The lowest BCUT2D eigenvalue weighted by molar-refractivity contribution is -0.143. The van der Waals surface area contributed by atoms with Gasteiger partial charge in [-0.1, -0.05) is 0 Å². The molecule has 1 aromatic heterocycles. The van der Waals surface area contributed by atoms with Gasteiger partial charge in [0.15, 0.2) is 0 Å². The number of hydrogen-bond donors (Lipinski definition) is 1. The molecule has 0 bridgehead atoms.